The Bertz CT molecular complexity index is 548. The van der Waals surface area contributed by atoms with E-state index in [1.54, 1.807) is 4.68 Å². The number of anilines is 1. The van der Waals surface area contributed by atoms with Gasteiger partial charge in [-0.1, -0.05) is 36.1 Å². The first-order chi connectivity index (χ1) is 9.83. The Morgan fingerprint density at radius 3 is 2.65 bits per heavy atom. The third-order valence-corrected chi connectivity index (χ3v) is 4.61. The Kier molecular flexibility index (Phi) is 3.87. The van der Waals surface area contributed by atoms with Crippen LogP contribution in [0.1, 0.15) is 25.7 Å². The first kappa shape index (κ1) is 13.4. The van der Waals surface area contributed by atoms with E-state index in [9.17, 15) is 0 Å². The standard InChI is InChI=1S/C14H18ClN5/c15-10-14(8-4-5-9-14)11-16-13-17-18-19-20(13)12-6-2-1-3-7-12/h1-3,6-7H,4-5,8-11H2,(H,16,17,19). The molecule has 1 aliphatic rings. The first-order valence-corrected chi connectivity index (χ1v) is 7.50. The van der Waals surface area contributed by atoms with Gasteiger partial charge < -0.3 is 5.32 Å². The van der Waals surface area contributed by atoms with Crippen LogP contribution < -0.4 is 5.32 Å². The molecule has 0 spiro atoms. The summed E-state index contributed by atoms with van der Waals surface area (Å²) >= 11 is 6.16. The molecule has 20 heavy (non-hydrogen) atoms. The summed E-state index contributed by atoms with van der Waals surface area (Å²) in [4.78, 5) is 0. The van der Waals surface area contributed by atoms with Crippen LogP contribution in [0, 0.1) is 5.41 Å². The lowest BCUT2D eigenvalue weighted by Crippen LogP contribution is -2.29. The Labute approximate surface area is 123 Å². The van der Waals surface area contributed by atoms with Gasteiger partial charge in [-0.05, 0) is 35.4 Å². The molecule has 1 aromatic heterocycles. The average molecular weight is 292 g/mol. The van der Waals surface area contributed by atoms with Gasteiger partial charge in [-0.25, -0.2) is 0 Å². The molecule has 0 saturated heterocycles. The zero-order chi connectivity index (χ0) is 13.8. The van der Waals surface area contributed by atoms with Gasteiger partial charge >= 0.3 is 0 Å². The maximum atomic E-state index is 6.16. The zero-order valence-corrected chi connectivity index (χ0v) is 12.1. The summed E-state index contributed by atoms with van der Waals surface area (Å²) in [6.45, 7) is 0.823. The van der Waals surface area contributed by atoms with E-state index in [1.165, 1.54) is 25.7 Å². The summed E-state index contributed by atoms with van der Waals surface area (Å²) in [5.74, 6) is 1.36. The lowest BCUT2D eigenvalue weighted by atomic mass is 9.89. The van der Waals surface area contributed by atoms with Gasteiger partial charge in [-0.15, -0.1) is 11.6 Å². The molecule has 0 amide bonds. The fourth-order valence-corrected chi connectivity index (χ4v) is 3.15. The molecule has 1 N–H and O–H groups in total. The monoisotopic (exact) mass is 291 g/mol. The Hall–Kier alpha value is -1.62. The van der Waals surface area contributed by atoms with Gasteiger partial charge in [-0.2, -0.15) is 4.68 Å². The number of nitrogens with zero attached hydrogens (tertiary/aromatic N) is 4. The van der Waals surface area contributed by atoms with Crippen LogP contribution in [0.15, 0.2) is 30.3 Å². The Balaban J connectivity index is 1.74. The summed E-state index contributed by atoms with van der Waals surface area (Å²) in [5.41, 5.74) is 1.14. The van der Waals surface area contributed by atoms with Crippen molar-refractivity contribution in [1.82, 2.24) is 20.2 Å². The van der Waals surface area contributed by atoms with Crippen molar-refractivity contribution in [3.63, 3.8) is 0 Å². The van der Waals surface area contributed by atoms with Crippen molar-refractivity contribution >= 4 is 17.5 Å². The topological polar surface area (TPSA) is 55.6 Å². The molecule has 1 heterocycles. The fourth-order valence-electron chi connectivity index (χ4n) is 2.79. The highest BCUT2D eigenvalue weighted by molar-refractivity contribution is 6.18. The molecule has 0 bridgehead atoms. The molecule has 0 unspecified atom stereocenters. The molecule has 2 aromatic rings. The molecule has 3 rings (SSSR count). The van der Waals surface area contributed by atoms with Crippen molar-refractivity contribution in [3.8, 4) is 5.69 Å². The highest BCUT2D eigenvalue weighted by atomic mass is 35.5. The van der Waals surface area contributed by atoms with E-state index in [4.69, 9.17) is 11.6 Å². The Morgan fingerprint density at radius 2 is 1.95 bits per heavy atom. The zero-order valence-electron chi connectivity index (χ0n) is 11.3. The van der Waals surface area contributed by atoms with Crippen molar-refractivity contribution in [2.75, 3.05) is 17.7 Å². The number of halogens is 1. The predicted octanol–water partition coefficient (Wildman–Crippen LogP) is 2.87. The van der Waals surface area contributed by atoms with E-state index in [0.29, 0.717) is 11.8 Å². The molecule has 0 radical (unpaired) electrons. The number of aromatic nitrogens is 4. The number of nitrogens with one attached hydrogen (secondary N) is 1. The van der Waals surface area contributed by atoms with Crippen LogP contribution in [-0.4, -0.2) is 32.6 Å². The van der Waals surface area contributed by atoms with Crippen molar-refractivity contribution in [2.24, 2.45) is 5.41 Å². The Morgan fingerprint density at radius 1 is 1.20 bits per heavy atom. The fraction of sp³-hybridized carbons (Fsp3) is 0.500. The van der Waals surface area contributed by atoms with E-state index in [1.807, 2.05) is 30.3 Å². The minimum Gasteiger partial charge on any atom is -0.352 e. The molecule has 1 saturated carbocycles. The van der Waals surface area contributed by atoms with Gasteiger partial charge in [0.05, 0.1) is 5.69 Å². The molecule has 6 heteroatoms. The predicted molar refractivity (Wildman–Crippen MR) is 79.3 cm³/mol. The van der Waals surface area contributed by atoms with Crippen LogP contribution in [0.2, 0.25) is 0 Å². The lowest BCUT2D eigenvalue weighted by molar-refractivity contribution is 0.367. The average Bonchev–Trinajstić information content (AvgIpc) is 3.16. The number of rotatable bonds is 5. The maximum Gasteiger partial charge on any atom is 0.247 e. The number of benzene rings is 1. The van der Waals surface area contributed by atoms with Gasteiger partial charge in [0.15, 0.2) is 0 Å². The normalized spacial score (nSPS) is 17.2. The second kappa shape index (κ2) is 5.79. The van der Waals surface area contributed by atoms with E-state index >= 15 is 0 Å². The van der Waals surface area contributed by atoms with Crippen LogP contribution >= 0.6 is 11.6 Å². The van der Waals surface area contributed by atoms with E-state index < -0.39 is 0 Å². The summed E-state index contributed by atoms with van der Waals surface area (Å²) in [6.07, 6.45) is 4.88. The van der Waals surface area contributed by atoms with Crippen molar-refractivity contribution in [3.05, 3.63) is 30.3 Å². The number of alkyl halides is 1. The lowest BCUT2D eigenvalue weighted by Gasteiger charge is -2.26. The van der Waals surface area contributed by atoms with Crippen LogP contribution in [0.25, 0.3) is 5.69 Å². The maximum absolute atomic E-state index is 6.16. The van der Waals surface area contributed by atoms with Crippen LogP contribution in [0.5, 0.6) is 0 Å². The summed E-state index contributed by atoms with van der Waals surface area (Å²) < 4.78 is 1.72. The third-order valence-electron chi connectivity index (χ3n) is 4.04. The van der Waals surface area contributed by atoms with Gasteiger partial charge in [-0.3, -0.25) is 0 Å². The van der Waals surface area contributed by atoms with Crippen molar-refractivity contribution in [2.45, 2.75) is 25.7 Å². The highest BCUT2D eigenvalue weighted by Gasteiger charge is 2.33. The summed E-state index contributed by atoms with van der Waals surface area (Å²) in [5, 5.41) is 15.2. The second-order valence-electron chi connectivity index (χ2n) is 5.44. The molecule has 5 nitrogen and oxygen atoms in total. The molecule has 0 atom stereocenters. The van der Waals surface area contributed by atoms with Crippen LogP contribution in [-0.2, 0) is 0 Å². The van der Waals surface area contributed by atoms with Gasteiger partial charge in [0.25, 0.3) is 0 Å². The van der Waals surface area contributed by atoms with E-state index in [2.05, 4.69) is 20.8 Å². The van der Waals surface area contributed by atoms with Crippen molar-refractivity contribution in [1.29, 1.82) is 0 Å². The minimum atomic E-state index is 0.190. The first-order valence-electron chi connectivity index (χ1n) is 6.97. The number of para-hydroxylation sites is 1. The molecule has 0 aliphatic heterocycles. The van der Waals surface area contributed by atoms with Crippen LogP contribution in [0.4, 0.5) is 5.95 Å². The third kappa shape index (κ3) is 2.63. The molecular weight excluding hydrogens is 274 g/mol. The summed E-state index contributed by atoms with van der Waals surface area (Å²) in [6, 6.07) is 9.88. The SMILES string of the molecule is ClCC1(CNc2nnnn2-c2ccccc2)CCCC1. The molecular formula is C14H18ClN5. The van der Waals surface area contributed by atoms with Crippen molar-refractivity contribution < 1.29 is 0 Å². The number of tetrazole rings is 1. The second-order valence-corrected chi connectivity index (χ2v) is 5.71. The molecule has 1 aliphatic carbocycles. The largest absolute Gasteiger partial charge is 0.352 e. The van der Waals surface area contributed by atoms with Crippen LogP contribution in [0.3, 0.4) is 0 Å². The molecule has 106 valence electrons. The van der Waals surface area contributed by atoms with Gasteiger partial charge in [0.2, 0.25) is 5.95 Å². The van der Waals surface area contributed by atoms with Gasteiger partial charge in [0.1, 0.15) is 0 Å². The van der Waals surface area contributed by atoms with E-state index in [0.717, 1.165) is 12.2 Å². The number of hydrogen-bond acceptors (Lipinski definition) is 4. The summed E-state index contributed by atoms with van der Waals surface area (Å²) in [7, 11) is 0. The quantitative estimate of drug-likeness (QED) is 0.861. The minimum absolute atomic E-state index is 0.190. The smallest absolute Gasteiger partial charge is 0.247 e. The highest BCUT2D eigenvalue weighted by Crippen LogP contribution is 2.39. The van der Waals surface area contributed by atoms with Gasteiger partial charge in [0, 0.05) is 17.8 Å². The van der Waals surface area contributed by atoms with E-state index in [-0.39, 0.29) is 5.41 Å². The molecule has 1 aromatic carbocycles. The molecule has 1 fully saturated rings. The number of hydrogen-bond donors (Lipinski definition) is 1.